The van der Waals surface area contributed by atoms with Crippen molar-refractivity contribution < 1.29 is 23.8 Å². The van der Waals surface area contributed by atoms with Crippen LogP contribution in [0.15, 0.2) is 66.7 Å². The topological polar surface area (TPSA) is 68.2 Å². The summed E-state index contributed by atoms with van der Waals surface area (Å²) in [6, 6.07) is 24.3. The Labute approximate surface area is 387 Å². The quantitative estimate of drug-likeness (QED) is 0.170. The first-order chi connectivity index (χ1) is 29.3. The van der Waals surface area contributed by atoms with Gasteiger partial charge >= 0.3 is 8.60 Å². The number of phenols is 2. The van der Waals surface area contributed by atoms with Crippen LogP contribution >= 0.6 is 8.60 Å². The molecule has 0 radical (unpaired) electrons. The van der Waals surface area contributed by atoms with Crippen molar-refractivity contribution in [2.75, 3.05) is 0 Å². The third-order valence-electron chi connectivity index (χ3n) is 13.2. The van der Waals surface area contributed by atoms with Gasteiger partial charge in [0.25, 0.3) is 0 Å². The Kier molecular flexibility index (Phi) is 12.0. The molecule has 0 saturated heterocycles. The van der Waals surface area contributed by atoms with Gasteiger partial charge in [0.15, 0.2) is 0 Å². The molecule has 0 amide bonds. The number of hydrogen-bond acceptors (Lipinski definition) is 5. The number of phenolic OH excluding ortho intramolecular Hbond substituents is 2. The fourth-order valence-corrected chi connectivity index (χ4v) is 10.0. The van der Waals surface area contributed by atoms with E-state index in [0.717, 1.165) is 78.4 Å². The fourth-order valence-electron chi connectivity index (χ4n) is 8.83. The molecule has 2 N–H and O–H groups in total. The number of rotatable bonds is 2. The normalized spacial score (nSPS) is 15.1. The molecule has 6 heteroatoms. The highest BCUT2D eigenvalue weighted by atomic mass is 31.2. The second-order valence-corrected chi connectivity index (χ2v) is 25.9. The van der Waals surface area contributed by atoms with Crippen LogP contribution in [0.3, 0.4) is 0 Å². The fraction of sp³-hybridized carbons (Fsp3) is 0.483. The zero-order chi connectivity index (χ0) is 47.3. The highest BCUT2D eigenvalue weighted by Gasteiger charge is 2.35. The molecule has 8 rings (SSSR count). The predicted octanol–water partition coefficient (Wildman–Crippen LogP) is 15.6. The summed E-state index contributed by atoms with van der Waals surface area (Å²) in [6.45, 7) is 40.2. The van der Waals surface area contributed by atoms with Gasteiger partial charge in [0.1, 0.15) is 28.7 Å². The lowest BCUT2D eigenvalue weighted by Crippen LogP contribution is -2.19. The monoisotopic (exact) mass is 883 g/mol. The SMILES string of the molecule is CC(C)(C)c1cc2c(O)c(c1)Cc1cc(C(C)(C)C)cc3c1OP(Oc1ccc(C(C)(C)C)cc1C(C)(C)C)Oc1c(cc(C(C)(C)C)cc1C3)Cc1cc(C(C)(C)C)cc(c1O)C2. The standard InChI is InChI=1S/C58H75O5P/c1-53(2,3)42-19-20-48(47(33-42)58(16,17)18)61-64-62-51-38-22-36-27-43(54(4,5)6)25-34(49(36)59)21-35-26-44(55(7,8)9)28-37(50(35)60)23-39-30-46(57(13,14)15)32-41(52(39)63-64)24-40(51)31-45(29-38)56(10,11)12/h19-20,25-33,59-60H,21-24H2,1-18H3. The van der Waals surface area contributed by atoms with Gasteiger partial charge in [-0.2, -0.15) is 0 Å². The Morgan fingerprint density at radius 3 is 0.953 bits per heavy atom. The molecule has 5 nitrogen and oxygen atoms in total. The summed E-state index contributed by atoms with van der Waals surface area (Å²) in [5.74, 6) is 2.69. The average Bonchev–Trinajstić information content (AvgIpc) is 3.13. The van der Waals surface area contributed by atoms with E-state index in [1.165, 1.54) is 16.7 Å². The molecule has 64 heavy (non-hydrogen) atoms. The molecule has 0 aromatic heterocycles. The molecule has 10 bridgehead atoms. The van der Waals surface area contributed by atoms with Crippen LogP contribution in [0.2, 0.25) is 0 Å². The van der Waals surface area contributed by atoms with Gasteiger partial charge in [0.2, 0.25) is 0 Å². The van der Waals surface area contributed by atoms with Crippen molar-refractivity contribution >= 4 is 8.60 Å². The lowest BCUT2D eigenvalue weighted by Gasteiger charge is -2.32. The minimum atomic E-state index is -2.11. The molecule has 2 aliphatic heterocycles. The summed E-state index contributed by atoms with van der Waals surface area (Å²) in [7, 11) is -2.11. The summed E-state index contributed by atoms with van der Waals surface area (Å²) >= 11 is 0. The minimum Gasteiger partial charge on any atom is -0.507 e. The van der Waals surface area contributed by atoms with Crippen LogP contribution in [0.1, 0.15) is 203 Å². The predicted molar refractivity (Wildman–Crippen MR) is 268 cm³/mol. The first-order valence-corrected chi connectivity index (χ1v) is 24.4. The molecular formula is C58H75O5P. The zero-order valence-electron chi connectivity index (χ0n) is 42.2. The molecular weight excluding hydrogens is 808 g/mol. The van der Waals surface area contributed by atoms with Crippen LogP contribution in [-0.4, -0.2) is 10.2 Å². The largest absolute Gasteiger partial charge is 0.530 e. The molecule has 5 aromatic rings. The summed E-state index contributed by atoms with van der Waals surface area (Å²) in [6.07, 6.45) is 1.78. The third kappa shape index (κ3) is 9.86. The van der Waals surface area contributed by atoms with Crippen molar-refractivity contribution in [2.24, 2.45) is 0 Å². The van der Waals surface area contributed by atoms with E-state index in [-0.39, 0.29) is 44.0 Å². The van der Waals surface area contributed by atoms with E-state index in [2.05, 4.69) is 191 Å². The third-order valence-corrected chi connectivity index (χ3v) is 14.2. The van der Waals surface area contributed by atoms with E-state index in [9.17, 15) is 10.2 Å². The Bertz CT molecular complexity index is 2470. The van der Waals surface area contributed by atoms with Gasteiger partial charge in [0, 0.05) is 31.2 Å². The van der Waals surface area contributed by atoms with Gasteiger partial charge < -0.3 is 23.8 Å². The van der Waals surface area contributed by atoms with Crippen LogP contribution in [-0.2, 0) is 58.2 Å². The molecule has 5 aromatic carbocycles. The van der Waals surface area contributed by atoms with E-state index in [1.54, 1.807) is 0 Å². The molecule has 342 valence electrons. The highest BCUT2D eigenvalue weighted by Crippen LogP contribution is 2.53. The number of fused-ring (bicyclic) bond motifs is 2. The molecule has 2 heterocycles. The maximum absolute atomic E-state index is 12.5. The van der Waals surface area contributed by atoms with Crippen LogP contribution in [0.5, 0.6) is 28.7 Å². The lowest BCUT2D eigenvalue weighted by atomic mass is 9.79. The van der Waals surface area contributed by atoms with E-state index in [4.69, 9.17) is 13.6 Å². The van der Waals surface area contributed by atoms with Gasteiger partial charge in [-0.1, -0.05) is 185 Å². The van der Waals surface area contributed by atoms with Crippen molar-refractivity contribution in [1.29, 1.82) is 0 Å². The first kappa shape index (κ1) is 47.5. The number of aromatic hydroxyl groups is 2. The summed E-state index contributed by atoms with van der Waals surface area (Å²) in [5.41, 5.74) is 13.2. The second kappa shape index (κ2) is 16.1. The highest BCUT2D eigenvalue weighted by molar-refractivity contribution is 7.43. The Morgan fingerprint density at radius 2 is 0.656 bits per heavy atom. The molecule has 3 aliphatic rings. The van der Waals surface area contributed by atoms with Crippen LogP contribution in [0.25, 0.3) is 0 Å². The zero-order valence-corrected chi connectivity index (χ0v) is 43.1. The van der Waals surface area contributed by atoms with Crippen molar-refractivity contribution in [1.82, 2.24) is 0 Å². The lowest BCUT2D eigenvalue weighted by molar-refractivity contribution is 0.372. The van der Waals surface area contributed by atoms with Crippen LogP contribution in [0, 0.1) is 0 Å². The van der Waals surface area contributed by atoms with Crippen molar-refractivity contribution in [3.05, 3.63) is 145 Å². The molecule has 1 aliphatic carbocycles. The number of hydrogen-bond donors (Lipinski definition) is 2. The first-order valence-electron chi connectivity index (χ1n) is 23.3. The summed E-state index contributed by atoms with van der Waals surface area (Å²) < 4.78 is 21.7. The van der Waals surface area contributed by atoms with Crippen molar-refractivity contribution in [2.45, 2.75) is 183 Å². The maximum Gasteiger partial charge on any atom is 0.530 e. The van der Waals surface area contributed by atoms with E-state index >= 15 is 0 Å². The van der Waals surface area contributed by atoms with E-state index in [0.29, 0.717) is 25.7 Å². The smallest absolute Gasteiger partial charge is 0.507 e. The molecule has 0 fully saturated rings. The van der Waals surface area contributed by atoms with Gasteiger partial charge in [-0.05, 0) is 111 Å². The van der Waals surface area contributed by atoms with Crippen LogP contribution < -0.4 is 13.6 Å². The van der Waals surface area contributed by atoms with Gasteiger partial charge in [-0.15, -0.1) is 0 Å². The summed E-state index contributed by atoms with van der Waals surface area (Å²) in [5, 5.41) is 24.9. The van der Waals surface area contributed by atoms with E-state index in [1.807, 2.05) is 0 Å². The molecule has 0 atom stereocenters. The average molecular weight is 883 g/mol. The Balaban J connectivity index is 1.60. The van der Waals surface area contributed by atoms with Crippen LogP contribution in [0.4, 0.5) is 0 Å². The van der Waals surface area contributed by atoms with E-state index < -0.39 is 8.60 Å². The summed E-state index contributed by atoms with van der Waals surface area (Å²) in [4.78, 5) is 0. The van der Waals surface area contributed by atoms with Crippen molar-refractivity contribution in [3.63, 3.8) is 0 Å². The van der Waals surface area contributed by atoms with Gasteiger partial charge in [0.05, 0.1) is 0 Å². The molecule has 0 saturated carbocycles. The second-order valence-electron chi connectivity index (χ2n) is 24.9. The Morgan fingerprint density at radius 1 is 0.375 bits per heavy atom. The number of benzene rings is 5. The minimum absolute atomic E-state index is 0.0533. The maximum atomic E-state index is 12.5. The Hall–Kier alpha value is -4.47. The molecule has 0 spiro atoms. The van der Waals surface area contributed by atoms with Gasteiger partial charge in [-0.3, -0.25) is 0 Å². The molecule has 0 unspecified atom stereocenters. The van der Waals surface area contributed by atoms with Crippen molar-refractivity contribution in [3.8, 4) is 28.7 Å². The van der Waals surface area contributed by atoms with Gasteiger partial charge in [-0.25, -0.2) is 0 Å².